The van der Waals surface area contributed by atoms with Crippen LogP contribution in [-0.2, 0) is 0 Å². The fraction of sp³-hybridized carbons (Fsp3) is 0.682. The number of carbonyl (C=O) groups excluding carboxylic acids is 1. The molecule has 158 valence electrons. The van der Waals surface area contributed by atoms with E-state index in [0.717, 1.165) is 24.0 Å². The maximum Gasteiger partial charge on any atom is 0.252 e. The highest BCUT2D eigenvalue weighted by Crippen LogP contribution is 2.48. The molecule has 2 saturated carbocycles. The number of rotatable bonds is 9. The molecule has 1 amide bonds. The van der Waals surface area contributed by atoms with Crippen molar-refractivity contribution in [3.63, 3.8) is 0 Å². The molecular weight excluding hydrogens is 392 g/mol. The van der Waals surface area contributed by atoms with Crippen LogP contribution in [-0.4, -0.2) is 37.1 Å². The number of halogens is 1. The molecule has 0 aromatic heterocycles. The van der Waals surface area contributed by atoms with Crippen molar-refractivity contribution in [2.75, 3.05) is 31.2 Å². The summed E-state index contributed by atoms with van der Waals surface area (Å²) < 4.78 is 5.76. The highest BCUT2D eigenvalue weighted by molar-refractivity contribution is 7.99. The van der Waals surface area contributed by atoms with Gasteiger partial charge in [-0.2, -0.15) is 11.8 Å². The summed E-state index contributed by atoms with van der Waals surface area (Å²) in [7, 11) is 0. The average Bonchev–Trinajstić information content (AvgIpc) is 2.67. The number of hydrogen-bond acceptors (Lipinski definition) is 4. The highest BCUT2D eigenvalue weighted by Gasteiger charge is 2.39. The normalized spacial score (nSPS) is 23.6. The molecule has 6 heteroatoms. The van der Waals surface area contributed by atoms with Gasteiger partial charge in [0.1, 0.15) is 5.75 Å². The minimum atomic E-state index is -0.0926. The Morgan fingerprint density at radius 2 is 2.04 bits per heavy atom. The molecule has 28 heavy (non-hydrogen) atoms. The molecular formula is C22H35ClN2O2S. The maximum absolute atomic E-state index is 12.8. The number of carbonyl (C=O) groups is 1. The fourth-order valence-corrected chi connectivity index (χ4v) is 5.38. The SMILES string of the molecule is C.NCCSCCOc1ccc(Cl)c(C(=O)NCC23CCCC(CCC2)C3)c1. The molecule has 0 unspecified atom stereocenters. The van der Waals surface area contributed by atoms with Crippen LogP contribution in [0.25, 0.3) is 0 Å². The summed E-state index contributed by atoms with van der Waals surface area (Å²) in [5.74, 6) is 3.27. The second-order valence-electron chi connectivity index (χ2n) is 7.93. The summed E-state index contributed by atoms with van der Waals surface area (Å²) in [5, 5.41) is 3.64. The van der Waals surface area contributed by atoms with Gasteiger partial charge in [0.25, 0.3) is 5.91 Å². The number of benzene rings is 1. The Morgan fingerprint density at radius 3 is 2.75 bits per heavy atom. The first-order chi connectivity index (χ1) is 13.1. The van der Waals surface area contributed by atoms with E-state index in [0.29, 0.717) is 34.9 Å². The van der Waals surface area contributed by atoms with Crippen molar-refractivity contribution in [2.45, 2.75) is 52.4 Å². The minimum Gasteiger partial charge on any atom is -0.493 e. The van der Waals surface area contributed by atoms with Crippen LogP contribution in [0.4, 0.5) is 0 Å². The lowest BCUT2D eigenvalue weighted by Crippen LogP contribution is -2.43. The van der Waals surface area contributed by atoms with Crippen LogP contribution in [0.2, 0.25) is 5.02 Å². The fourth-order valence-electron chi connectivity index (χ4n) is 4.61. The smallest absolute Gasteiger partial charge is 0.252 e. The van der Waals surface area contributed by atoms with Crippen LogP contribution in [0, 0.1) is 11.3 Å². The number of thioether (sulfide) groups is 1. The summed E-state index contributed by atoms with van der Waals surface area (Å²) in [6.07, 6.45) is 9.07. The van der Waals surface area contributed by atoms with Gasteiger partial charge in [0.2, 0.25) is 0 Å². The van der Waals surface area contributed by atoms with E-state index < -0.39 is 0 Å². The van der Waals surface area contributed by atoms with Crippen LogP contribution in [0.1, 0.15) is 62.7 Å². The summed E-state index contributed by atoms with van der Waals surface area (Å²) in [6.45, 7) is 2.04. The van der Waals surface area contributed by atoms with Crippen molar-refractivity contribution in [3.05, 3.63) is 28.8 Å². The highest BCUT2D eigenvalue weighted by atomic mass is 35.5. The number of fused-ring (bicyclic) bond motifs is 2. The standard InChI is InChI=1S/C21H31ClN2O2S.CH4/c22-19-6-5-17(26-10-12-27-11-9-23)13-18(19)20(25)24-15-21-7-1-3-16(14-21)4-2-8-21;/h5-6,13,16H,1-4,7-12,14-15,23H2,(H,24,25);1H4. The number of ether oxygens (including phenoxy) is 1. The largest absolute Gasteiger partial charge is 0.493 e. The predicted octanol–water partition coefficient (Wildman–Crippen LogP) is 5.14. The quantitative estimate of drug-likeness (QED) is 0.536. The van der Waals surface area contributed by atoms with Crippen molar-refractivity contribution in [1.29, 1.82) is 0 Å². The first-order valence-corrected chi connectivity index (χ1v) is 11.6. The Labute approximate surface area is 179 Å². The molecule has 2 bridgehead atoms. The van der Waals surface area contributed by atoms with Gasteiger partial charge in [0.05, 0.1) is 17.2 Å². The van der Waals surface area contributed by atoms with Crippen molar-refractivity contribution in [3.8, 4) is 5.75 Å². The van der Waals surface area contributed by atoms with Gasteiger partial charge in [-0.25, -0.2) is 0 Å². The molecule has 1 aromatic carbocycles. The second-order valence-corrected chi connectivity index (χ2v) is 9.56. The van der Waals surface area contributed by atoms with Gasteiger partial charge in [-0.3, -0.25) is 4.79 Å². The number of nitrogens with one attached hydrogen (secondary N) is 1. The van der Waals surface area contributed by atoms with E-state index >= 15 is 0 Å². The Balaban J connectivity index is 0.00000280. The number of amides is 1. The Morgan fingerprint density at radius 1 is 1.29 bits per heavy atom. The summed E-state index contributed by atoms with van der Waals surface area (Å²) in [5.41, 5.74) is 6.29. The van der Waals surface area contributed by atoms with E-state index in [1.54, 1.807) is 23.9 Å². The van der Waals surface area contributed by atoms with Gasteiger partial charge in [-0.1, -0.05) is 44.7 Å². The molecule has 1 aromatic rings. The van der Waals surface area contributed by atoms with Crippen LogP contribution in [0.15, 0.2) is 18.2 Å². The van der Waals surface area contributed by atoms with Crippen LogP contribution in [0.3, 0.4) is 0 Å². The van der Waals surface area contributed by atoms with Gasteiger partial charge >= 0.3 is 0 Å². The van der Waals surface area contributed by atoms with Crippen molar-refractivity contribution >= 4 is 29.3 Å². The molecule has 2 aliphatic rings. The first kappa shape index (κ1) is 23.4. The van der Waals surface area contributed by atoms with Gasteiger partial charge in [0.15, 0.2) is 0 Å². The van der Waals surface area contributed by atoms with Crippen LogP contribution < -0.4 is 15.8 Å². The molecule has 3 rings (SSSR count). The average molecular weight is 427 g/mol. The zero-order valence-electron chi connectivity index (χ0n) is 16.0. The monoisotopic (exact) mass is 426 g/mol. The molecule has 2 fully saturated rings. The third-order valence-corrected chi connectivity index (χ3v) is 7.23. The van der Waals surface area contributed by atoms with E-state index in [1.807, 2.05) is 6.07 Å². The first-order valence-electron chi connectivity index (χ1n) is 10.1. The Hall–Kier alpha value is -0.910. The molecule has 0 spiro atoms. The molecule has 0 heterocycles. The zero-order valence-corrected chi connectivity index (χ0v) is 17.5. The molecule has 0 radical (unpaired) electrons. The zero-order chi connectivity index (χ0) is 19.1. The number of hydrogen-bond donors (Lipinski definition) is 2. The van der Waals surface area contributed by atoms with Gasteiger partial charge in [0, 0.05) is 24.6 Å². The molecule has 0 aliphatic heterocycles. The van der Waals surface area contributed by atoms with E-state index in [2.05, 4.69) is 5.32 Å². The molecule has 2 aliphatic carbocycles. The van der Waals surface area contributed by atoms with Gasteiger partial charge in [-0.05, 0) is 48.8 Å². The topological polar surface area (TPSA) is 64.3 Å². The molecule has 4 nitrogen and oxygen atoms in total. The predicted molar refractivity (Wildman–Crippen MR) is 121 cm³/mol. The van der Waals surface area contributed by atoms with Gasteiger partial charge < -0.3 is 15.8 Å². The summed E-state index contributed by atoms with van der Waals surface area (Å²) >= 11 is 8.05. The minimum absolute atomic E-state index is 0. The maximum atomic E-state index is 12.8. The Bertz CT molecular complexity index is 631. The van der Waals surface area contributed by atoms with Crippen molar-refractivity contribution < 1.29 is 9.53 Å². The summed E-state index contributed by atoms with van der Waals surface area (Å²) in [6, 6.07) is 5.32. The molecule has 3 N–H and O–H groups in total. The van der Waals surface area contributed by atoms with Crippen molar-refractivity contribution in [1.82, 2.24) is 5.32 Å². The van der Waals surface area contributed by atoms with E-state index in [-0.39, 0.29) is 13.3 Å². The second kappa shape index (κ2) is 11.3. The lowest BCUT2D eigenvalue weighted by Gasteiger charge is -2.45. The molecule has 0 atom stereocenters. The Kier molecular flexibility index (Phi) is 9.45. The third kappa shape index (κ3) is 6.30. The van der Waals surface area contributed by atoms with E-state index in [9.17, 15) is 4.79 Å². The third-order valence-electron chi connectivity index (χ3n) is 5.93. The van der Waals surface area contributed by atoms with Crippen LogP contribution in [0.5, 0.6) is 5.75 Å². The van der Waals surface area contributed by atoms with E-state index in [1.165, 1.54) is 44.9 Å². The lowest BCUT2D eigenvalue weighted by molar-refractivity contribution is 0.0681. The summed E-state index contributed by atoms with van der Waals surface area (Å²) in [4.78, 5) is 12.8. The van der Waals surface area contributed by atoms with Gasteiger partial charge in [-0.15, -0.1) is 0 Å². The van der Waals surface area contributed by atoms with E-state index in [4.69, 9.17) is 22.1 Å². The van der Waals surface area contributed by atoms with Crippen LogP contribution >= 0.6 is 23.4 Å². The van der Waals surface area contributed by atoms with Crippen molar-refractivity contribution in [2.24, 2.45) is 17.1 Å². The lowest BCUT2D eigenvalue weighted by atomic mass is 9.62. The number of nitrogens with two attached hydrogens (primary N) is 1. The molecule has 0 saturated heterocycles.